The Morgan fingerprint density at radius 3 is 2.28 bits per heavy atom. The van der Waals surface area contributed by atoms with E-state index in [1.54, 1.807) is 0 Å². The SMILES string of the molecule is CCCCCC(CC)OC(=O)CCC.Cc1ccc(C=C2C=CC=CC2C(=O)c2ccccc2)cc1. The molecule has 2 unspecified atom stereocenters. The second-order valence-electron chi connectivity index (χ2n) is 9.27. The summed E-state index contributed by atoms with van der Waals surface area (Å²) in [4.78, 5) is 24.0. The second-order valence-corrected chi connectivity index (χ2v) is 9.27. The van der Waals surface area contributed by atoms with Crippen molar-refractivity contribution >= 4 is 17.8 Å². The van der Waals surface area contributed by atoms with Crippen molar-refractivity contribution in [3.63, 3.8) is 0 Å². The van der Waals surface area contributed by atoms with Crippen LogP contribution in [0.2, 0.25) is 0 Å². The van der Waals surface area contributed by atoms with Gasteiger partial charge in [0.25, 0.3) is 0 Å². The standard InChI is InChI=1S/C21H18O.C12H24O2/c1-16-11-13-17(14-12-16)15-19-9-5-6-10-20(19)21(22)18-7-3-2-4-8-18;1-4-7-8-10-11(6-3)14-12(13)9-5-2/h2-15,20H,1H3;11H,4-10H2,1-3H3. The monoisotopic (exact) mass is 486 g/mol. The van der Waals surface area contributed by atoms with Crippen LogP contribution in [-0.4, -0.2) is 17.9 Å². The number of unbranched alkanes of at least 4 members (excludes halogenated alkanes) is 2. The number of allylic oxidation sites excluding steroid dienone is 5. The van der Waals surface area contributed by atoms with E-state index in [9.17, 15) is 9.59 Å². The van der Waals surface area contributed by atoms with E-state index in [2.05, 4.69) is 51.1 Å². The van der Waals surface area contributed by atoms with Gasteiger partial charge in [0.05, 0.1) is 5.92 Å². The molecule has 1 aliphatic carbocycles. The number of rotatable bonds is 11. The molecule has 2 aromatic carbocycles. The van der Waals surface area contributed by atoms with Crippen molar-refractivity contribution in [1.29, 1.82) is 0 Å². The molecule has 3 nitrogen and oxygen atoms in total. The summed E-state index contributed by atoms with van der Waals surface area (Å²) in [5.74, 6) is -0.107. The van der Waals surface area contributed by atoms with E-state index >= 15 is 0 Å². The molecule has 192 valence electrons. The van der Waals surface area contributed by atoms with E-state index in [1.807, 2.05) is 61.6 Å². The Hall–Kier alpha value is -3.20. The lowest BCUT2D eigenvalue weighted by Crippen LogP contribution is -2.17. The topological polar surface area (TPSA) is 43.4 Å². The fraction of sp³-hybridized carbons (Fsp3) is 0.394. The summed E-state index contributed by atoms with van der Waals surface area (Å²) >= 11 is 0. The predicted octanol–water partition coefficient (Wildman–Crippen LogP) is 8.69. The number of carbonyl (C=O) groups is 2. The number of Topliss-reactive ketones (excluding diaryl/α,β-unsaturated/α-hetero) is 1. The molecule has 0 radical (unpaired) electrons. The van der Waals surface area contributed by atoms with Crippen LogP contribution in [0.5, 0.6) is 0 Å². The summed E-state index contributed by atoms with van der Waals surface area (Å²) in [7, 11) is 0. The molecule has 2 atom stereocenters. The van der Waals surface area contributed by atoms with Crippen molar-refractivity contribution in [2.75, 3.05) is 0 Å². The smallest absolute Gasteiger partial charge is 0.306 e. The number of carbonyl (C=O) groups excluding carboxylic acids is 2. The quantitative estimate of drug-likeness (QED) is 0.181. The van der Waals surface area contributed by atoms with Crippen molar-refractivity contribution in [3.05, 3.63) is 101 Å². The zero-order valence-electron chi connectivity index (χ0n) is 22.4. The molecular formula is C33H42O3. The van der Waals surface area contributed by atoms with Gasteiger partial charge < -0.3 is 4.74 Å². The van der Waals surface area contributed by atoms with Crippen molar-refractivity contribution < 1.29 is 14.3 Å². The number of ether oxygens (including phenoxy) is 1. The van der Waals surface area contributed by atoms with Crippen LogP contribution >= 0.6 is 0 Å². The highest BCUT2D eigenvalue weighted by molar-refractivity contribution is 6.02. The number of aryl methyl sites for hydroxylation is 1. The van der Waals surface area contributed by atoms with E-state index in [0.717, 1.165) is 36.0 Å². The first-order valence-electron chi connectivity index (χ1n) is 13.4. The van der Waals surface area contributed by atoms with E-state index in [-0.39, 0.29) is 23.8 Å². The van der Waals surface area contributed by atoms with Gasteiger partial charge in [0.1, 0.15) is 6.10 Å². The Balaban J connectivity index is 0.000000284. The summed E-state index contributed by atoms with van der Waals surface area (Å²) < 4.78 is 5.35. The van der Waals surface area contributed by atoms with Gasteiger partial charge in [-0.25, -0.2) is 0 Å². The number of hydrogen-bond acceptors (Lipinski definition) is 3. The molecule has 3 rings (SSSR count). The molecule has 0 spiro atoms. The highest BCUT2D eigenvalue weighted by atomic mass is 16.5. The van der Waals surface area contributed by atoms with Gasteiger partial charge in [-0.3, -0.25) is 9.59 Å². The molecule has 0 heterocycles. The minimum atomic E-state index is -0.214. The molecule has 0 fully saturated rings. The van der Waals surface area contributed by atoms with Crippen LogP contribution in [0.15, 0.2) is 84.5 Å². The highest BCUT2D eigenvalue weighted by Gasteiger charge is 2.21. The minimum absolute atomic E-state index is 0.0316. The Bertz CT molecular complexity index is 1010. The molecule has 2 aromatic rings. The zero-order valence-corrected chi connectivity index (χ0v) is 22.4. The summed E-state index contributed by atoms with van der Waals surface area (Å²) in [6.45, 7) is 8.33. The van der Waals surface area contributed by atoms with Crippen LogP contribution in [0.3, 0.4) is 0 Å². The average Bonchev–Trinajstić information content (AvgIpc) is 2.90. The molecule has 0 bridgehead atoms. The van der Waals surface area contributed by atoms with Gasteiger partial charge in [0, 0.05) is 12.0 Å². The summed E-state index contributed by atoms with van der Waals surface area (Å²) in [5.41, 5.74) is 4.13. The molecule has 0 aliphatic heterocycles. The number of ketones is 1. The minimum Gasteiger partial charge on any atom is -0.462 e. The van der Waals surface area contributed by atoms with E-state index in [0.29, 0.717) is 6.42 Å². The lowest BCUT2D eigenvalue weighted by molar-refractivity contribution is -0.149. The van der Waals surface area contributed by atoms with Crippen LogP contribution in [0, 0.1) is 12.8 Å². The normalized spacial score (nSPS) is 16.2. The van der Waals surface area contributed by atoms with Gasteiger partial charge in [-0.2, -0.15) is 0 Å². The van der Waals surface area contributed by atoms with Crippen molar-refractivity contribution in [2.24, 2.45) is 5.92 Å². The molecule has 0 saturated carbocycles. The van der Waals surface area contributed by atoms with Gasteiger partial charge in [0.15, 0.2) is 5.78 Å². The first-order valence-corrected chi connectivity index (χ1v) is 13.4. The maximum Gasteiger partial charge on any atom is 0.306 e. The fourth-order valence-corrected chi connectivity index (χ4v) is 3.99. The zero-order chi connectivity index (χ0) is 26.2. The number of esters is 1. The third kappa shape index (κ3) is 10.2. The van der Waals surface area contributed by atoms with Gasteiger partial charge >= 0.3 is 5.97 Å². The molecule has 0 N–H and O–H groups in total. The van der Waals surface area contributed by atoms with E-state index in [1.165, 1.54) is 24.8 Å². The maximum absolute atomic E-state index is 12.7. The summed E-state index contributed by atoms with van der Waals surface area (Å²) in [6.07, 6.45) is 17.2. The highest BCUT2D eigenvalue weighted by Crippen LogP contribution is 2.25. The average molecular weight is 487 g/mol. The molecule has 36 heavy (non-hydrogen) atoms. The van der Waals surface area contributed by atoms with Crippen LogP contribution in [-0.2, 0) is 9.53 Å². The Kier molecular flexibility index (Phi) is 13.3. The third-order valence-electron chi connectivity index (χ3n) is 6.15. The lowest BCUT2D eigenvalue weighted by Gasteiger charge is -2.16. The Morgan fingerprint density at radius 2 is 1.64 bits per heavy atom. The van der Waals surface area contributed by atoms with Crippen molar-refractivity contribution in [3.8, 4) is 0 Å². The van der Waals surface area contributed by atoms with Crippen LogP contribution in [0.4, 0.5) is 0 Å². The van der Waals surface area contributed by atoms with Crippen LogP contribution in [0.25, 0.3) is 6.08 Å². The predicted molar refractivity (Wildman–Crippen MR) is 151 cm³/mol. The molecule has 0 saturated heterocycles. The number of hydrogen-bond donors (Lipinski definition) is 0. The Morgan fingerprint density at radius 1 is 0.917 bits per heavy atom. The molecular weight excluding hydrogens is 444 g/mol. The fourth-order valence-electron chi connectivity index (χ4n) is 3.99. The molecule has 3 heteroatoms. The largest absolute Gasteiger partial charge is 0.462 e. The lowest BCUT2D eigenvalue weighted by atomic mass is 9.86. The second kappa shape index (κ2) is 16.5. The molecule has 0 amide bonds. The molecule has 1 aliphatic rings. The summed E-state index contributed by atoms with van der Waals surface area (Å²) in [6, 6.07) is 17.8. The van der Waals surface area contributed by atoms with Crippen LogP contribution < -0.4 is 0 Å². The van der Waals surface area contributed by atoms with Gasteiger partial charge in [-0.1, -0.05) is 124 Å². The van der Waals surface area contributed by atoms with Crippen LogP contribution in [0.1, 0.15) is 87.2 Å². The van der Waals surface area contributed by atoms with Gasteiger partial charge in [-0.15, -0.1) is 0 Å². The summed E-state index contributed by atoms with van der Waals surface area (Å²) in [5, 5.41) is 0. The third-order valence-corrected chi connectivity index (χ3v) is 6.15. The molecule has 0 aromatic heterocycles. The van der Waals surface area contributed by atoms with E-state index < -0.39 is 0 Å². The Labute approximate surface area is 218 Å². The van der Waals surface area contributed by atoms with Crippen molar-refractivity contribution in [1.82, 2.24) is 0 Å². The van der Waals surface area contributed by atoms with Crippen molar-refractivity contribution in [2.45, 2.75) is 78.7 Å². The van der Waals surface area contributed by atoms with E-state index in [4.69, 9.17) is 4.74 Å². The first-order chi connectivity index (χ1) is 17.5. The van der Waals surface area contributed by atoms with Gasteiger partial charge in [-0.05, 0) is 43.7 Å². The maximum atomic E-state index is 12.7. The number of benzene rings is 2. The first kappa shape index (κ1) is 29.0. The van der Waals surface area contributed by atoms with Gasteiger partial charge in [0.2, 0.25) is 0 Å².